The van der Waals surface area contributed by atoms with Gasteiger partial charge in [-0.3, -0.25) is 0 Å². The third-order valence-electron chi connectivity index (χ3n) is 4.88. The number of allylic oxidation sites excluding steroid dienone is 2. The van der Waals surface area contributed by atoms with Gasteiger partial charge in [-0.2, -0.15) is 0 Å². The van der Waals surface area contributed by atoms with Crippen LogP contribution in [0.5, 0.6) is 0 Å². The molecule has 1 aliphatic carbocycles. The third kappa shape index (κ3) is 3.79. The molecule has 112 valence electrons. The Hall–Kier alpha value is -1.48. The summed E-state index contributed by atoms with van der Waals surface area (Å²) in [7, 11) is 0. The minimum absolute atomic E-state index is 0.00207. The van der Waals surface area contributed by atoms with E-state index in [-0.39, 0.29) is 17.6 Å². The Morgan fingerprint density at radius 3 is 2.57 bits per heavy atom. The number of terminal acetylenes is 2. The van der Waals surface area contributed by atoms with Crippen molar-refractivity contribution >= 4 is 0 Å². The minimum atomic E-state index is -0.296. The summed E-state index contributed by atoms with van der Waals surface area (Å²) >= 11 is 0. The summed E-state index contributed by atoms with van der Waals surface area (Å²) in [6, 6.07) is 0.440. The van der Waals surface area contributed by atoms with Gasteiger partial charge in [0.15, 0.2) is 0 Å². The van der Waals surface area contributed by atoms with Gasteiger partial charge in [0.2, 0.25) is 0 Å². The number of hydrogen-bond acceptors (Lipinski definition) is 2. The van der Waals surface area contributed by atoms with Crippen LogP contribution in [0, 0.1) is 30.6 Å². The largest absolute Gasteiger partial charge is 0.392 e. The van der Waals surface area contributed by atoms with E-state index in [0.29, 0.717) is 6.04 Å². The zero-order valence-corrected chi connectivity index (χ0v) is 12.6. The second-order valence-corrected chi connectivity index (χ2v) is 6.21. The van der Waals surface area contributed by atoms with Crippen LogP contribution >= 0.6 is 0 Å². The highest BCUT2D eigenvalue weighted by molar-refractivity contribution is 5.18. The summed E-state index contributed by atoms with van der Waals surface area (Å²) in [6.45, 7) is 0. The molecule has 1 aliphatic heterocycles. The molecule has 0 aromatic rings. The van der Waals surface area contributed by atoms with Gasteiger partial charge < -0.3 is 10.4 Å². The molecule has 0 aromatic carbocycles. The lowest BCUT2D eigenvalue weighted by atomic mass is 9.66. The van der Waals surface area contributed by atoms with Crippen molar-refractivity contribution in [3.63, 3.8) is 0 Å². The molecule has 2 heteroatoms. The quantitative estimate of drug-likeness (QED) is 0.781. The number of aliphatic hydroxyl groups is 1. The highest BCUT2D eigenvalue weighted by atomic mass is 16.3. The molecule has 2 N–H and O–H groups in total. The highest BCUT2D eigenvalue weighted by Crippen LogP contribution is 2.41. The first-order valence-electron chi connectivity index (χ1n) is 7.91. The van der Waals surface area contributed by atoms with Gasteiger partial charge in [-0.1, -0.05) is 30.4 Å². The van der Waals surface area contributed by atoms with Gasteiger partial charge in [-0.25, -0.2) is 0 Å². The Labute approximate surface area is 128 Å². The van der Waals surface area contributed by atoms with E-state index < -0.39 is 0 Å². The van der Waals surface area contributed by atoms with Crippen molar-refractivity contribution in [2.45, 2.75) is 62.6 Å². The predicted octanol–water partition coefficient (Wildman–Crippen LogP) is 2.80. The maximum atomic E-state index is 10.4. The Balaban J connectivity index is 2.13. The van der Waals surface area contributed by atoms with Gasteiger partial charge in [-0.15, -0.1) is 12.8 Å². The van der Waals surface area contributed by atoms with E-state index in [2.05, 4.69) is 23.2 Å². The smallest absolute Gasteiger partial charge is 0.0620 e. The summed E-state index contributed by atoms with van der Waals surface area (Å²) in [4.78, 5) is 0. The molecule has 21 heavy (non-hydrogen) atoms. The summed E-state index contributed by atoms with van der Waals surface area (Å²) in [5.41, 5.74) is -0.00207. The molecule has 2 fully saturated rings. The van der Waals surface area contributed by atoms with E-state index in [1.54, 1.807) is 12.2 Å². The molecule has 2 rings (SSSR count). The molecule has 0 bridgehead atoms. The molecule has 1 saturated carbocycles. The molecule has 2 aliphatic rings. The highest BCUT2D eigenvalue weighted by Gasteiger charge is 2.45. The van der Waals surface area contributed by atoms with Gasteiger partial charge >= 0.3 is 0 Å². The Morgan fingerprint density at radius 1 is 1.14 bits per heavy atom. The molecule has 4 atom stereocenters. The average molecular weight is 283 g/mol. The fourth-order valence-electron chi connectivity index (χ4n) is 3.96. The number of nitrogens with one attached hydrogen (secondary N) is 1. The monoisotopic (exact) mass is 283 g/mol. The lowest BCUT2D eigenvalue weighted by Crippen LogP contribution is -2.61. The van der Waals surface area contributed by atoms with Crippen molar-refractivity contribution in [1.29, 1.82) is 0 Å². The molecule has 0 unspecified atom stereocenters. The lowest BCUT2D eigenvalue weighted by Gasteiger charge is -2.51. The number of piperidine rings is 1. The van der Waals surface area contributed by atoms with Gasteiger partial charge in [0.05, 0.1) is 6.10 Å². The zero-order chi connectivity index (χ0) is 15.1. The molecular formula is C19H25NO. The molecular weight excluding hydrogens is 258 g/mol. The fourth-order valence-corrected chi connectivity index (χ4v) is 3.96. The predicted molar refractivity (Wildman–Crippen MR) is 87.4 cm³/mol. The standard InChI is InChI=1S/C19H25NO/c1-3-5-7-10-16-11-8-14-19(20-16)15-9-13-18(21)17(19)12-6-4-2/h1-2,5-7,12,16-18,20-21H,8-11,13-15H2/b7-5-,12-6-/t16-,17-,18+,19-/m1/s1. The van der Waals surface area contributed by atoms with Crippen LogP contribution in [-0.2, 0) is 0 Å². The minimum Gasteiger partial charge on any atom is -0.392 e. The van der Waals surface area contributed by atoms with Crippen molar-refractivity contribution in [3.8, 4) is 24.7 Å². The van der Waals surface area contributed by atoms with Crippen molar-refractivity contribution in [3.05, 3.63) is 24.3 Å². The first-order valence-corrected chi connectivity index (χ1v) is 7.91. The summed E-state index contributed by atoms with van der Waals surface area (Å²) < 4.78 is 0. The second kappa shape index (κ2) is 7.51. The van der Waals surface area contributed by atoms with Gasteiger partial charge in [0.1, 0.15) is 0 Å². The third-order valence-corrected chi connectivity index (χ3v) is 4.88. The van der Waals surface area contributed by atoms with E-state index in [9.17, 15) is 5.11 Å². The van der Waals surface area contributed by atoms with E-state index in [1.165, 1.54) is 12.8 Å². The molecule has 0 aromatic heterocycles. The van der Waals surface area contributed by atoms with Gasteiger partial charge in [0.25, 0.3) is 0 Å². The van der Waals surface area contributed by atoms with Crippen LogP contribution in [0.25, 0.3) is 0 Å². The molecule has 0 radical (unpaired) electrons. The average Bonchev–Trinajstić information content (AvgIpc) is 2.47. The number of aliphatic hydroxyl groups excluding tert-OH is 1. The topological polar surface area (TPSA) is 32.3 Å². The number of hydrogen-bond donors (Lipinski definition) is 2. The summed E-state index contributed by atoms with van der Waals surface area (Å²) in [5, 5.41) is 14.2. The van der Waals surface area contributed by atoms with Crippen LogP contribution in [0.1, 0.15) is 44.9 Å². The first-order chi connectivity index (χ1) is 10.2. The summed E-state index contributed by atoms with van der Waals surface area (Å²) in [5.74, 6) is 5.21. The van der Waals surface area contributed by atoms with Crippen molar-refractivity contribution in [2.24, 2.45) is 5.92 Å². The lowest BCUT2D eigenvalue weighted by molar-refractivity contribution is 0.00394. The SMILES string of the molecule is C#C/C=C\C[C@@H]1CCC[C@]2(CCC[C@H](O)[C@H]2/C=C\C#C)N1. The maximum absolute atomic E-state index is 10.4. The molecule has 0 amide bonds. The first kappa shape index (κ1) is 15.9. The summed E-state index contributed by atoms with van der Waals surface area (Å²) in [6.07, 6.45) is 25.4. The number of rotatable bonds is 3. The molecule has 1 spiro atoms. The molecule has 1 saturated heterocycles. The van der Waals surface area contributed by atoms with E-state index in [0.717, 1.165) is 32.1 Å². The van der Waals surface area contributed by atoms with Crippen molar-refractivity contribution in [2.75, 3.05) is 0 Å². The van der Waals surface area contributed by atoms with E-state index in [4.69, 9.17) is 12.8 Å². The second-order valence-electron chi connectivity index (χ2n) is 6.21. The van der Waals surface area contributed by atoms with Crippen LogP contribution in [0.2, 0.25) is 0 Å². The zero-order valence-electron chi connectivity index (χ0n) is 12.6. The molecule has 2 nitrogen and oxygen atoms in total. The fraction of sp³-hybridized carbons (Fsp3) is 0.579. The Kier molecular flexibility index (Phi) is 5.68. The van der Waals surface area contributed by atoms with Gasteiger partial charge in [0, 0.05) is 17.5 Å². The van der Waals surface area contributed by atoms with Crippen LogP contribution < -0.4 is 5.32 Å². The van der Waals surface area contributed by atoms with Crippen LogP contribution in [-0.4, -0.2) is 22.8 Å². The molecule has 1 heterocycles. The maximum Gasteiger partial charge on any atom is 0.0620 e. The van der Waals surface area contributed by atoms with Gasteiger partial charge in [-0.05, 0) is 50.7 Å². The van der Waals surface area contributed by atoms with E-state index in [1.807, 2.05) is 6.08 Å². The van der Waals surface area contributed by atoms with Crippen LogP contribution in [0.4, 0.5) is 0 Å². The normalized spacial score (nSPS) is 36.8. The Morgan fingerprint density at radius 2 is 1.86 bits per heavy atom. The van der Waals surface area contributed by atoms with Crippen molar-refractivity contribution < 1.29 is 5.11 Å². The Bertz CT molecular complexity index is 475. The van der Waals surface area contributed by atoms with Crippen molar-refractivity contribution in [1.82, 2.24) is 5.32 Å². The van der Waals surface area contributed by atoms with Crippen LogP contribution in [0.15, 0.2) is 24.3 Å². The van der Waals surface area contributed by atoms with Crippen LogP contribution in [0.3, 0.4) is 0 Å². The van der Waals surface area contributed by atoms with E-state index >= 15 is 0 Å².